The van der Waals surface area contributed by atoms with E-state index in [4.69, 9.17) is 0 Å². The monoisotopic (exact) mass is 371 g/mol. The third kappa shape index (κ3) is 4.30. The van der Waals surface area contributed by atoms with Gasteiger partial charge in [0.05, 0.1) is 24.7 Å². The lowest BCUT2D eigenvalue weighted by molar-refractivity contribution is -0.137. The van der Waals surface area contributed by atoms with Crippen molar-refractivity contribution in [3.05, 3.63) is 52.0 Å². The first-order valence-corrected chi connectivity index (χ1v) is 9.79. The second kappa shape index (κ2) is 7.99. The van der Waals surface area contributed by atoms with Crippen molar-refractivity contribution in [2.75, 3.05) is 6.54 Å². The highest BCUT2D eigenvalue weighted by atomic mass is 32.1. The van der Waals surface area contributed by atoms with Crippen molar-refractivity contribution in [1.29, 1.82) is 0 Å². The van der Waals surface area contributed by atoms with Gasteiger partial charge in [0.25, 0.3) is 0 Å². The van der Waals surface area contributed by atoms with Crippen LogP contribution in [0, 0.1) is 12.8 Å². The molecule has 2 aromatic rings. The first-order valence-electron chi connectivity index (χ1n) is 8.97. The van der Waals surface area contributed by atoms with Crippen LogP contribution in [0.2, 0.25) is 0 Å². The van der Waals surface area contributed by atoms with Gasteiger partial charge in [-0.25, -0.2) is 0 Å². The summed E-state index contributed by atoms with van der Waals surface area (Å²) in [5, 5.41) is 0. The van der Waals surface area contributed by atoms with Gasteiger partial charge in [0.1, 0.15) is 0 Å². The number of pyridine rings is 1. The van der Waals surface area contributed by atoms with Crippen LogP contribution in [-0.2, 0) is 22.7 Å². The molecule has 138 valence electrons. The predicted octanol–water partition coefficient (Wildman–Crippen LogP) is 3.24. The van der Waals surface area contributed by atoms with Gasteiger partial charge in [-0.2, -0.15) is 0 Å². The normalized spacial score (nSPS) is 17.2. The van der Waals surface area contributed by atoms with Gasteiger partial charge in [0, 0.05) is 35.0 Å². The molecule has 1 aliphatic heterocycles. The molecule has 3 heterocycles. The molecule has 6 heteroatoms. The number of nitrogens with zero attached hydrogens (tertiary/aromatic N) is 3. The lowest BCUT2D eigenvalue weighted by atomic mass is 10.1. The first kappa shape index (κ1) is 18.6. The Morgan fingerprint density at radius 3 is 2.69 bits per heavy atom. The molecule has 0 aromatic carbocycles. The van der Waals surface area contributed by atoms with E-state index < -0.39 is 0 Å². The van der Waals surface area contributed by atoms with E-state index in [1.54, 1.807) is 22.4 Å². The van der Waals surface area contributed by atoms with E-state index >= 15 is 0 Å². The van der Waals surface area contributed by atoms with Crippen molar-refractivity contribution in [2.24, 2.45) is 5.92 Å². The summed E-state index contributed by atoms with van der Waals surface area (Å²) in [6.07, 6.45) is 2.05. The van der Waals surface area contributed by atoms with Crippen LogP contribution in [-0.4, -0.2) is 39.2 Å². The minimum Gasteiger partial charge on any atom is -0.339 e. The molecule has 1 atom stereocenters. The van der Waals surface area contributed by atoms with Crippen LogP contribution in [0.1, 0.15) is 35.7 Å². The maximum atomic E-state index is 13.2. The maximum absolute atomic E-state index is 13.2. The van der Waals surface area contributed by atoms with E-state index in [9.17, 15) is 9.59 Å². The fourth-order valence-corrected chi connectivity index (χ4v) is 4.22. The molecule has 0 saturated carbocycles. The molecule has 1 fully saturated rings. The summed E-state index contributed by atoms with van der Waals surface area (Å²) in [5.74, 6) is -0.156. The lowest BCUT2D eigenvalue weighted by Gasteiger charge is -2.26. The molecule has 2 amide bonds. The highest BCUT2D eigenvalue weighted by Gasteiger charge is 2.37. The molecule has 0 N–H and O–H groups in total. The van der Waals surface area contributed by atoms with Crippen LogP contribution in [0.15, 0.2) is 36.5 Å². The summed E-state index contributed by atoms with van der Waals surface area (Å²) in [5.41, 5.74) is 0.860. The Hall–Kier alpha value is -2.21. The largest absolute Gasteiger partial charge is 0.339 e. The topological polar surface area (TPSA) is 53.5 Å². The van der Waals surface area contributed by atoms with Crippen LogP contribution < -0.4 is 0 Å². The molecule has 0 radical (unpaired) electrons. The van der Waals surface area contributed by atoms with Gasteiger partial charge in [0.2, 0.25) is 11.8 Å². The summed E-state index contributed by atoms with van der Waals surface area (Å²) in [6.45, 7) is 7.58. The molecule has 1 unspecified atom stereocenters. The molecule has 5 nitrogen and oxygen atoms in total. The minimum atomic E-state index is -0.269. The van der Waals surface area contributed by atoms with Crippen molar-refractivity contribution in [2.45, 2.75) is 46.3 Å². The Morgan fingerprint density at radius 2 is 2.12 bits per heavy atom. The Kier molecular flexibility index (Phi) is 5.71. The van der Waals surface area contributed by atoms with Gasteiger partial charge in [-0.15, -0.1) is 11.3 Å². The molecular formula is C20H25N3O2S. The number of thiophene rings is 1. The third-order valence-corrected chi connectivity index (χ3v) is 5.65. The average molecular weight is 372 g/mol. The van der Waals surface area contributed by atoms with Crippen LogP contribution >= 0.6 is 11.3 Å². The van der Waals surface area contributed by atoms with Crippen molar-refractivity contribution in [1.82, 2.24) is 14.8 Å². The van der Waals surface area contributed by atoms with Crippen LogP contribution in [0.3, 0.4) is 0 Å². The van der Waals surface area contributed by atoms with Gasteiger partial charge in [-0.3, -0.25) is 14.6 Å². The van der Waals surface area contributed by atoms with Gasteiger partial charge in [-0.05, 0) is 45.0 Å². The molecule has 0 spiro atoms. The molecule has 1 aliphatic rings. The van der Waals surface area contributed by atoms with Gasteiger partial charge < -0.3 is 9.80 Å². The highest BCUT2D eigenvalue weighted by molar-refractivity contribution is 7.11. The van der Waals surface area contributed by atoms with E-state index in [-0.39, 0.29) is 23.8 Å². The zero-order valence-corrected chi connectivity index (χ0v) is 16.3. The Bertz CT molecular complexity index is 772. The Balaban J connectivity index is 1.78. The quantitative estimate of drug-likeness (QED) is 0.783. The summed E-state index contributed by atoms with van der Waals surface area (Å²) in [7, 11) is 0. The van der Waals surface area contributed by atoms with Gasteiger partial charge in [-0.1, -0.05) is 6.07 Å². The van der Waals surface area contributed by atoms with E-state index in [0.717, 1.165) is 10.6 Å². The molecule has 0 bridgehead atoms. The summed E-state index contributed by atoms with van der Waals surface area (Å²) in [6, 6.07) is 10.0. The second-order valence-electron chi connectivity index (χ2n) is 7.07. The number of aromatic nitrogens is 1. The molecular weight excluding hydrogens is 346 g/mol. The smallest absolute Gasteiger partial charge is 0.228 e. The fraction of sp³-hybridized carbons (Fsp3) is 0.450. The number of likely N-dealkylation sites (tertiary alicyclic amines) is 1. The number of hydrogen-bond acceptors (Lipinski definition) is 4. The van der Waals surface area contributed by atoms with E-state index in [1.807, 2.05) is 36.9 Å². The van der Waals surface area contributed by atoms with Crippen LogP contribution in [0.4, 0.5) is 0 Å². The van der Waals surface area contributed by atoms with E-state index in [2.05, 4.69) is 24.0 Å². The molecule has 2 aromatic heterocycles. The molecule has 1 saturated heterocycles. The number of rotatable bonds is 6. The standard InChI is InChI=1S/C20H25N3O2S/c1-14(2)23-11-16(10-19(23)24)20(25)22(12-17-6-4-5-9-21-17)13-18-8-7-15(3)26-18/h4-9,14,16H,10-13H2,1-3H3. The van der Waals surface area contributed by atoms with E-state index in [1.165, 1.54) is 4.88 Å². The minimum absolute atomic E-state index is 0.0400. The number of aryl methyl sites for hydroxylation is 1. The lowest BCUT2D eigenvalue weighted by Crippen LogP contribution is -2.38. The molecule has 3 rings (SSSR count). The SMILES string of the molecule is Cc1ccc(CN(Cc2ccccn2)C(=O)C2CC(=O)N(C(C)C)C2)s1. The number of amides is 2. The van der Waals surface area contributed by atoms with Crippen molar-refractivity contribution >= 4 is 23.2 Å². The van der Waals surface area contributed by atoms with Crippen molar-refractivity contribution < 1.29 is 9.59 Å². The van der Waals surface area contributed by atoms with Crippen LogP contribution in [0.5, 0.6) is 0 Å². The predicted molar refractivity (Wildman–Crippen MR) is 103 cm³/mol. The van der Waals surface area contributed by atoms with Gasteiger partial charge in [0.15, 0.2) is 0 Å². The molecule has 0 aliphatic carbocycles. The van der Waals surface area contributed by atoms with Crippen molar-refractivity contribution in [3.8, 4) is 0 Å². The Morgan fingerprint density at radius 1 is 1.31 bits per heavy atom. The third-order valence-electron chi connectivity index (χ3n) is 4.66. The second-order valence-corrected chi connectivity index (χ2v) is 8.44. The number of carbonyl (C=O) groups is 2. The zero-order chi connectivity index (χ0) is 18.7. The van der Waals surface area contributed by atoms with Crippen molar-refractivity contribution in [3.63, 3.8) is 0 Å². The summed E-state index contributed by atoms with van der Waals surface area (Å²) < 4.78 is 0. The summed E-state index contributed by atoms with van der Waals surface area (Å²) >= 11 is 1.70. The molecule has 26 heavy (non-hydrogen) atoms. The first-order chi connectivity index (χ1) is 12.4. The highest BCUT2D eigenvalue weighted by Crippen LogP contribution is 2.25. The fourth-order valence-electron chi connectivity index (χ4n) is 3.31. The summed E-state index contributed by atoms with van der Waals surface area (Å²) in [4.78, 5) is 35.8. The maximum Gasteiger partial charge on any atom is 0.228 e. The number of hydrogen-bond donors (Lipinski definition) is 0. The average Bonchev–Trinajstić information content (AvgIpc) is 3.20. The zero-order valence-electron chi connectivity index (χ0n) is 15.5. The number of carbonyl (C=O) groups excluding carboxylic acids is 2. The van der Waals surface area contributed by atoms with E-state index in [0.29, 0.717) is 26.1 Å². The van der Waals surface area contributed by atoms with Gasteiger partial charge >= 0.3 is 0 Å². The van der Waals surface area contributed by atoms with Crippen LogP contribution in [0.25, 0.3) is 0 Å². The Labute approximate surface area is 158 Å².